The van der Waals surface area contributed by atoms with Crippen LogP contribution in [0.1, 0.15) is 49.5 Å². The fourth-order valence-electron chi connectivity index (χ4n) is 3.19. The highest BCUT2D eigenvalue weighted by Gasteiger charge is 2.09. The third kappa shape index (κ3) is 9.28. The van der Waals surface area contributed by atoms with Gasteiger partial charge in [-0.2, -0.15) is 4.98 Å². The van der Waals surface area contributed by atoms with Crippen molar-refractivity contribution in [3.05, 3.63) is 53.6 Å². The van der Waals surface area contributed by atoms with Crippen LogP contribution >= 0.6 is 0 Å². The van der Waals surface area contributed by atoms with Crippen LogP contribution in [0, 0.1) is 0 Å². The molecule has 0 saturated carbocycles. The van der Waals surface area contributed by atoms with Gasteiger partial charge in [-0.3, -0.25) is 9.59 Å². The molecule has 0 bridgehead atoms. The topological polar surface area (TPSA) is 165 Å². The van der Waals surface area contributed by atoms with Gasteiger partial charge >= 0.3 is 0 Å². The third-order valence-corrected chi connectivity index (χ3v) is 4.79. The van der Waals surface area contributed by atoms with E-state index in [4.69, 9.17) is 21.4 Å². The second kappa shape index (κ2) is 14.8. The monoisotopic (exact) mass is 482 g/mol. The number of nitrogens with two attached hydrogens (primary N) is 2. The Morgan fingerprint density at radius 2 is 1.71 bits per heavy atom. The van der Waals surface area contributed by atoms with Crippen LogP contribution in [0.15, 0.2) is 42.5 Å². The van der Waals surface area contributed by atoms with Gasteiger partial charge < -0.3 is 31.6 Å². The van der Waals surface area contributed by atoms with Crippen molar-refractivity contribution in [2.24, 2.45) is 0 Å². The van der Waals surface area contributed by atoms with Crippen molar-refractivity contribution in [2.75, 3.05) is 30.0 Å². The molecule has 3 aromatic rings. The van der Waals surface area contributed by atoms with Gasteiger partial charge in [0.05, 0.1) is 5.52 Å². The van der Waals surface area contributed by atoms with Crippen molar-refractivity contribution in [1.29, 1.82) is 0 Å². The van der Waals surface area contributed by atoms with Crippen molar-refractivity contribution in [2.45, 2.75) is 40.2 Å². The van der Waals surface area contributed by atoms with Crippen LogP contribution in [0.5, 0.6) is 0 Å². The normalized spacial score (nSPS) is 9.71. The number of anilines is 3. The van der Waals surface area contributed by atoms with E-state index in [0.717, 1.165) is 16.6 Å². The second-order valence-corrected chi connectivity index (χ2v) is 7.39. The number of carbonyl (C=O) groups excluding carboxylic acids is 2. The number of Topliss-reactive ketones (excluding diaryl/α,β-unsaturated/α-hetero) is 1. The number of aromatic nitrogens is 2. The van der Waals surface area contributed by atoms with E-state index in [1.165, 1.54) is 0 Å². The Hall–Kier alpha value is -4.21. The molecule has 1 heterocycles. The van der Waals surface area contributed by atoms with Crippen molar-refractivity contribution >= 4 is 46.5 Å². The van der Waals surface area contributed by atoms with E-state index in [1.54, 1.807) is 19.1 Å². The predicted octanol–water partition coefficient (Wildman–Crippen LogP) is 3.26. The summed E-state index contributed by atoms with van der Waals surface area (Å²) in [4.78, 5) is 41.8. The average molecular weight is 483 g/mol. The minimum absolute atomic E-state index is 0.127. The fourth-order valence-corrected chi connectivity index (χ4v) is 3.19. The van der Waals surface area contributed by atoms with E-state index in [-0.39, 0.29) is 24.1 Å². The van der Waals surface area contributed by atoms with E-state index < -0.39 is 0 Å². The molecule has 10 heteroatoms. The Balaban J connectivity index is 0.00000114. The van der Waals surface area contributed by atoms with Gasteiger partial charge in [0.2, 0.25) is 5.95 Å². The summed E-state index contributed by atoms with van der Waals surface area (Å²) in [5.74, 6) is 0.507. The molecule has 10 nitrogen and oxygen atoms in total. The van der Waals surface area contributed by atoms with Gasteiger partial charge in [-0.1, -0.05) is 19.9 Å². The number of ketones is 1. The quantitative estimate of drug-likeness (QED) is 0.278. The first kappa shape index (κ1) is 28.8. The first-order valence-electron chi connectivity index (χ1n) is 11.2. The van der Waals surface area contributed by atoms with Crippen molar-refractivity contribution in [3.8, 4) is 0 Å². The lowest BCUT2D eigenvalue weighted by Crippen LogP contribution is -2.25. The predicted molar refractivity (Wildman–Crippen MR) is 139 cm³/mol. The number of nitrogens with zero attached hydrogens (tertiary/aromatic N) is 3. The first-order valence-corrected chi connectivity index (χ1v) is 11.2. The number of carboxylic acid groups (broad SMARTS) is 1. The molecular formula is C25H34N6O4. The standard InChI is InChI=1S/C22H26N6O2.C2H6.CH2O2/c1-14(29)4-3-11-25-21(30)16-6-8-17(9-7-16)28(2)13-15-5-10-19-18(12-15)20(23)27-22(24)26-19;1-2;2-1-3/h5-10,12H,3-4,11,13H2,1-2H3,(H,25,30)(H4,23,24,26,27);1-2H3;1H,(H,2,3). The number of hydrogen-bond donors (Lipinski definition) is 4. The second-order valence-electron chi connectivity index (χ2n) is 7.39. The summed E-state index contributed by atoms with van der Waals surface area (Å²) < 4.78 is 0. The molecule has 0 aliphatic rings. The molecule has 2 aromatic carbocycles. The van der Waals surface area contributed by atoms with Crippen LogP contribution in [0.3, 0.4) is 0 Å². The third-order valence-electron chi connectivity index (χ3n) is 4.79. The van der Waals surface area contributed by atoms with E-state index in [1.807, 2.05) is 51.2 Å². The number of hydrogen-bond acceptors (Lipinski definition) is 8. The molecule has 0 saturated heterocycles. The molecule has 1 aromatic heterocycles. The number of nitrogen functional groups attached to an aromatic ring is 2. The molecule has 1 amide bonds. The van der Waals surface area contributed by atoms with E-state index >= 15 is 0 Å². The molecule has 0 aliphatic heterocycles. The van der Waals surface area contributed by atoms with E-state index in [0.29, 0.717) is 42.8 Å². The Labute approximate surface area is 205 Å². The number of fused-ring (bicyclic) bond motifs is 1. The maximum Gasteiger partial charge on any atom is 0.290 e. The zero-order valence-electron chi connectivity index (χ0n) is 20.6. The lowest BCUT2D eigenvalue weighted by atomic mass is 10.1. The smallest absolute Gasteiger partial charge is 0.290 e. The van der Waals surface area contributed by atoms with Crippen LogP contribution in [0.25, 0.3) is 10.9 Å². The number of benzene rings is 2. The van der Waals surface area contributed by atoms with Crippen LogP contribution in [0.2, 0.25) is 0 Å². The highest BCUT2D eigenvalue weighted by molar-refractivity contribution is 5.94. The maximum atomic E-state index is 12.2. The minimum atomic E-state index is -0.250. The Kier molecular flexibility index (Phi) is 12.2. The Morgan fingerprint density at radius 3 is 2.31 bits per heavy atom. The summed E-state index contributed by atoms with van der Waals surface area (Å²) in [6.07, 6.45) is 1.12. The number of nitrogens with one attached hydrogen (secondary N) is 1. The zero-order valence-corrected chi connectivity index (χ0v) is 20.6. The summed E-state index contributed by atoms with van der Waals surface area (Å²) in [6.45, 7) is 6.43. The zero-order chi connectivity index (χ0) is 26.4. The van der Waals surface area contributed by atoms with Crippen LogP contribution in [-0.4, -0.2) is 46.8 Å². The molecular weight excluding hydrogens is 448 g/mol. The fraction of sp³-hybridized carbons (Fsp3) is 0.320. The average Bonchev–Trinajstić information content (AvgIpc) is 2.84. The van der Waals surface area contributed by atoms with E-state index in [2.05, 4.69) is 20.2 Å². The summed E-state index contributed by atoms with van der Waals surface area (Å²) in [5.41, 5.74) is 14.9. The molecule has 0 aliphatic carbocycles. The van der Waals surface area contributed by atoms with Crippen LogP contribution in [-0.2, 0) is 16.1 Å². The molecule has 3 rings (SSSR count). The van der Waals surface area contributed by atoms with Crippen molar-refractivity contribution in [1.82, 2.24) is 15.3 Å². The minimum Gasteiger partial charge on any atom is -0.483 e. The molecule has 35 heavy (non-hydrogen) atoms. The van der Waals surface area contributed by atoms with Crippen LogP contribution in [0.4, 0.5) is 17.5 Å². The van der Waals surface area contributed by atoms with Gasteiger partial charge in [0, 0.05) is 43.2 Å². The van der Waals surface area contributed by atoms with Gasteiger partial charge in [-0.25, -0.2) is 4.98 Å². The molecule has 188 valence electrons. The number of carbonyl (C=O) groups is 3. The maximum absolute atomic E-state index is 12.2. The van der Waals surface area contributed by atoms with Gasteiger partial charge in [0.1, 0.15) is 11.6 Å². The number of amides is 1. The van der Waals surface area contributed by atoms with Gasteiger partial charge in [0.25, 0.3) is 12.4 Å². The SMILES string of the molecule is CC.CC(=O)CCCNC(=O)c1ccc(N(C)Cc2ccc3nc(N)nc(N)c3c2)cc1.O=CO. The Bertz CT molecular complexity index is 1120. The molecule has 0 fully saturated rings. The molecule has 6 N–H and O–H groups in total. The van der Waals surface area contributed by atoms with Gasteiger partial charge in [-0.15, -0.1) is 0 Å². The van der Waals surface area contributed by atoms with Crippen molar-refractivity contribution < 1.29 is 19.5 Å². The Morgan fingerprint density at radius 1 is 1.09 bits per heavy atom. The van der Waals surface area contributed by atoms with E-state index in [9.17, 15) is 9.59 Å². The summed E-state index contributed by atoms with van der Waals surface area (Å²) >= 11 is 0. The highest BCUT2D eigenvalue weighted by atomic mass is 16.3. The molecule has 0 atom stereocenters. The van der Waals surface area contributed by atoms with Gasteiger partial charge in [0.15, 0.2) is 0 Å². The highest BCUT2D eigenvalue weighted by Crippen LogP contribution is 2.22. The lowest BCUT2D eigenvalue weighted by molar-refractivity contribution is -0.123. The first-order chi connectivity index (χ1) is 16.7. The largest absolute Gasteiger partial charge is 0.483 e. The molecule has 0 unspecified atom stereocenters. The summed E-state index contributed by atoms with van der Waals surface area (Å²) in [5, 5.41) is 10.5. The van der Waals surface area contributed by atoms with Crippen LogP contribution < -0.4 is 21.7 Å². The van der Waals surface area contributed by atoms with Crippen molar-refractivity contribution in [3.63, 3.8) is 0 Å². The van der Waals surface area contributed by atoms with Gasteiger partial charge in [-0.05, 0) is 55.3 Å². The summed E-state index contributed by atoms with van der Waals surface area (Å²) in [7, 11) is 1.98. The molecule has 0 radical (unpaired) electrons. The number of rotatable bonds is 8. The molecule has 0 spiro atoms. The summed E-state index contributed by atoms with van der Waals surface area (Å²) in [6, 6.07) is 13.2. The lowest BCUT2D eigenvalue weighted by Gasteiger charge is -2.20.